The molecule has 4 heteroatoms. The summed E-state index contributed by atoms with van der Waals surface area (Å²) >= 11 is 0. The molecule has 0 N–H and O–H groups in total. The average molecular weight is 268 g/mol. The normalized spacial score (nSPS) is 11.6. The molecule has 0 radical (unpaired) electrons. The van der Waals surface area contributed by atoms with Crippen molar-refractivity contribution in [2.45, 2.75) is 46.5 Å². The van der Waals surface area contributed by atoms with Gasteiger partial charge in [0.15, 0.2) is 0 Å². The number of hydrogen-bond donors (Lipinski definition) is 0. The summed E-state index contributed by atoms with van der Waals surface area (Å²) < 4.78 is 9.95. The number of rotatable bonds is 9. The summed E-state index contributed by atoms with van der Waals surface area (Å²) in [5.74, 6) is -0.992. The van der Waals surface area contributed by atoms with Gasteiger partial charge < -0.3 is 9.47 Å². The Balaban J connectivity index is 4.68. The first kappa shape index (κ1) is 17.4. The maximum absolute atomic E-state index is 11.8. The molecule has 0 bridgehead atoms. The zero-order valence-corrected chi connectivity index (χ0v) is 12.1. The van der Waals surface area contributed by atoms with Gasteiger partial charge in [0.05, 0.1) is 18.8 Å². The lowest BCUT2D eigenvalue weighted by molar-refractivity contribution is -0.141. The molecule has 0 amide bonds. The number of unbranched alkanes of at least 4 members (excludes halogenated alkanes) is 1. The standard InChI is InChI=1S/C15H24O4/c1-4-7-8-9-13(15(17)19-11-6-3)12-14(16)18-10-5-2/h8-9,12H,4-7,10-11H2,1-3H3. The van der Waals surface area contributed by atoms with Crippen LogP contribution in [0.2, 0.25) is 0 Å². The van der Waals surface area contributed by atoms with Crippen molar-refractivity contribution in [1.82, 2.24) is 0 Å². The van der Waals surface area contributed by atoms with Crippen molar-refractivity contribution in [3.8, 4) is 0 Å². The Kier molecular flexibility index (Phi) is 10.6. The monoisotopic (exact) mass is 268 g/mol. The van der Waals surface area contributed by atoms with E-state index in [9.17, 15) is 9.59 Å². The van der Waals surface area contributed by atoms with Crippen LogP contribution in [0, 0.1) is 0 Å². The third-order valence-electron chi connectivity index (χ3n) is 2.15. The van der Waals surface area contributed by atoms with Gasteiger partial charge in [-0.3, -0.25) is 0 Å². The van der Waals surface area contributed by atoms with E-state index < -0.39 is 11.9 Å². The summed E-state index contributed by atoms with van der Waals surface area (Å²) in [7, 11) is 0. The van der Waals surface area contributed by atoms with E-state index >= 15 is 0 Å². The molecule has 4 nitrogen and oxygen atoms in total. The van der Waals surface area contributed by atoms with Gasteiger partial charge in [0.2, 0.25) is 0 Å². The highest BCUT2D eigenvalue weighted by molar-refractivity contribution is 5.98. The number of carbonyl (C=O) groups is 2. The number of hydrogen-bond acceptors (Lipinski definition) is 4. The smallest absolute Gasteiger partial charge is 0.338 e. The molecule has 0 spiro atoms. The summed E-state index contributed by atoms with van der Waals surface area (Å²) in [5.41, 5.74) is 0.239. The van der Waals surface area contributed by atoms with Gasteiger partial charge in [0.25, 0.3) is 0 Å². The van der Waals surface area contributed by atoms with Crippen LogP contribution in [0.4, 0.5) is 0 Å². The van der Waals surface area contributed by atoms with Crippen LogP contribution < -0.4 is 0 Å². The van der Waals surface area contributed by atoms with E-state index in [2.05, 4.69) is 0 Å². The molecule has 0 aromatic rings. The molecule has 0 fully saturated rings. The second-order valence-corrected chi connectivity index (χ2v) is 4.09. The average Bonchev–Trinajstić information content (AvgIpc) is 2.41. The Morgan fingerprint density at radius 1 is 0.947 bits per heavy atom. The molecule has 0 aliphatic carbocycles. The second kappa shape index (κ2) is 11.5. The molecule has 108 valence electrons. The minimum Gasteiger partial charge on any atom is -0.463 e. The Morgan fingerprint density at radius 2 is 1.58 bits per heavy atom. The van der Waals surface area contributed by atoms with Crippen molar-refractivity contribution < 1.29 is 19.1 Å². The summed E-state index contributed by atoms with van der Waals surface area (Å²) in [5, 5.41) is 0. The van der Waals surface area contributed by atoms with Crippen molar-refractivity contribution in [1.29, 1.82) is 0 Å². The van der Waals surface area contributed by atoms with Gasteiger partial charge in [-0.1, -0.05) is 39.3 Å². The quantitative estimate of drug-likeness (QED) is 0.366. The Bertz CT molecular complexity index is 329. The zero-order valence-electron chi connectivity index (χ0n) is 12.1. The van der Waals surface area contributed by atoms with E-state index in [1.165, 1.54) is 6.08 Å². The van der Waals surface area contributed by atoms with Crippen LogP contribution in [-0.2, 0) is 19.1 Å². The maximum atomic E-state index is 11.8. The van der Waals surface area contributed by atoms with Crippen LogP contribution in [0.5, 0.6) is 0 Å². The predicted molar refractivity (Wildman–Crippen MR) is 74.6 cm³/mol. The van der Waals surface area contributed by atoms with E-state index in [1.54, 1.807) is 6.08 Å². The molecule has 0 rings (SSSR count). The van der Waals surface area contributed by atoms with E-state index in [0.717, 1.165) is 25.7 Å². The Labute approximate surface area is 115 Å². The van der Waals surface area contributed by atoms with Crippen LogP contribution in [0.15, 0.2) is 23.8 Å². The number of allylic oxidation sites excluding steroid dienone is 1. The molecule has 0 aliphatic rings. The molecule has 0 saturated carbocycles. The SMILES string of the molecule is CCCC=CC(=CC(=O)OCCC)C(=O)OCCC. The fraction of sp³-hybridized carbons (Fsp3) is 0.600. The Morgan fingerprint density at radius 3 is 2.16 bits per heavy atom. The van der Waals surface area contributed by atoms with Crippen LogP contribution in [-0.4, -0.2) is 25.2 Å². The fourth-order valence-corrected chi connectivity index (χ4v) is 1.20. The van der Waals surface area contributed by atoms with Gasteiger partial charge in [-0.25, -0.2) is 9.59 Å². The molecule has 19 heavy (non-hydrogen) atoms. The van der Waals surface area contributed by atoms with Gasteiger partial charge in [0.1, 0.15) is 0 Å². The van der Waals surface area contributed by atoms with Crippen molar-refractivity contribution >= 4 is 11.9 Å². The Hall–Kier alpha value is -1.58. The fourth-order valence-electron chi connectivity index (χ4n) is 1.20. The third kappa shape index (κ3) is 9.05. The highest BCUT2D eigenvalue weighted by Crippen LogP contribution is 2.04. The zero-order chi connectivity index (χ0) is 14.5. The van der Waals surface area contributed by atoms with Crippen molar-refractivity contribution in [3.05, 3.63) is 23.8 Å². The van der Waals surface area contributed by atoms with Gasteiger partial charge >= 0.3 is 11.9 Å². The van der Waals surface area contributed by atoms with E-state index in [0.29, 0.717) is 13.2 Å². The molecular weight excluding hydrogens is 244 g/mol. The highest BCUT2D eigenvalue weighted by atomic mass is 16.5. The van der Waals surface area contributed by atoms with Gasteiger partial charge in [-0.05, 0) is 19.3 Å². The summed E-state index contributed by atoms with van der Waals surface area (Å²) in [6.45, 7) is 6.57. The lowest BCUT2D eigenvalue weighted by Crippen LogP contribution is -2.10. The predicted octanol–water partition coefficient (Wildman–Crippen LogP) is 3.18. The first-order valence-electron chi connectivity index (χ1n) is 6.87. The maximum Gasteiger partial charge on any atom is 0.338 e. The topological polar surface area (TPSA) is 52.6 Å². The lowest BCUT2D eigenvalue weighted by atomic mass is 10.2. The van der Waals surface area contributed by atoms with Crippen LogP contribution in [0.1, 0.15) is 46.5 Å². The van der Waals surface area contributed by atoms with Crippen molar-refractivity contribution in [2.75, 3.05) is 13.2 Å². The van der Waals surface area contributed by atoms with E-state index in [4.69, 9.17) is 9.47 Å². The minimum absolute atomic E-state index is 0.239. The second-order valence-electron chi connectivity index (χ2n) is 4.09. The molecule has 0 aromatic carbocycles. The summed E-state index contributed by atoms with van der Waals surface area (Å²) in [4.78, 5) is 23.2. The largest absolute Gasteiger partial charge is 0.463 e. The van der Waals surface area contributed by atoms with Crippen LogP contribution >= 0.6 is 0 Å². The first-order valence-corrected chi connectivity index (χ1v) is 6.87. The minimum atomic E-state index is -0.508. The van der Waals surface area contributed by atoms with Gasteiger partial charge in [-0.2, -0.15) is 0 Å². The van der Waals surface area contributed by atoms with E-state index in [-0.39, 0.29) is 5.57 Å². The number of ether oxygens (including phenoxy) is 2. The molecular formula is C15H24O4. The molecule has 0 heterocycles. The summed E-state index contributed by atoms with van der Waals surface area (Å²) in [6, 6.07) is 0. The van der Waals surface area contributed by atoms with Gasteiger partial charge in [-0.15, -0.1) is 0 Å². The molecule has 0 aliphatic heterocycles. The molecule has 0 unspecified atom stereocenters. The molecule has 0 aromatic heterocycles. The van der Waals surface area contributed by atoms with Crippen LogP contribution in [0.25, 0.3) is 0 Å². The first-order chi connectivity index (χ1) is 9.15. The van der Waals surface area contributed by atoms with E-state index in [1.807, 2.05) is 26.8 Å². The van der Waals surface area contributed by atoms with Gasteiger partial charge in [0, 0.05) is 6.08 Å². The molecule has 0 saturated heterocycles. The highest BCUT2D eigenvalue weighted by Gasteiger charge is 2.10. The third-order valence-corrected chi connectivity index (χ3v) is 2.15. The number of carbonyl (C=O) groups excluding carboxylic acids is 2. The number of esters is 2. The van der Waals surface area contributed by atoms with Crippen molar-refractivity contribution in [2.24, 2.45) is 0 Å². The summed E-state index contributed by atoms with van der Waals surface area (Å²) in [6.07, 6.45) is 8.00. The van der Waals surface area contributed by atoms with Crippen molar-refractivity contribution in [3.63, 3.8) is 0 Å². The van der Waals surface area contributed by atoms with Crippen LogP contribution in [0.3, 0.4) is 0 Å². The lowest BCUT2D eigenvalue weighted by Gasteiger charge is -2.04. The molecule has 0 atom stereocenters.